The van der Waals surface area contributed by atoms with E-state index in [1.807, 2.05) is 6.07 Å². The van der Waals surface area contributed by atoms with Crippen molar-refractivity contribution in [3.05, 3.63) is 45.0 Å². The van der Waals surface area contributed by atoms with Crippen molar-refractivity contribution in [3.63, 3.8) is 0 Å². The van der Waals surface area contributed by atoms with E-state index < -0.39 is 0 Å². The van der Waals surface area contributed by atoms with Crippen LogP contribution in [0.25, 0.3) is 11.2 Å². The summed E-state index contributed by atoms with van der Waals surface area (Å²) in [5.41, 5.74) is 1.78. The lowest BCUT2D eigenvalue weighted by atomic mass is 10.3. The zero-order chi connectivity index (χ0) is 13.2. The number of hydrogen-bond acceptors (Lipinski definition) is 3. The third-order valence-corrected chi connectivity index (χ3v) is 4.52. The third kappa shape index (κ3) is 2.68. The molecule has 0 amide bonds. The van der Waals surface area contributed by atoms with Gasteiger partial charge in [-0.1, -0.05) is 6.07 Å². The normalized spacial score (nSPS) is 11.3. The number of hydrogen-bond donors (Lipinski definition) is 0. The Morgan fingerprint density at radius 2 is 2.32 bits per heavy atom. The standard InChI is InChI=1S/C13H11BrClN3S/c14-9-6-11-13(16-8-9)18(12(7-15)17-11)4-3-10-2-1-5-19-10/h1-2,5-6,8H,3-4,7H2. The molecule has 0 atom stereocenters. The Bertz CT molecular complexity index is 693. The molecule has 0 aromatic carbocycles. The van der Waals surface area contributed by atoms with Crippen LogP contribution in [0.4, 0.5) is 0 Å². The van der Waals surface area contributed by atoms with Crippen molar-refractivity contribution in [2.75, 3.05) is 0 Å². The fraction of sp³-hybridized carbons (Fsp3) is 0.231. The van der Waals surface area contributed by atoms with E-state index in [1.54, 1.807) is 17.5 Å². The van der Waals surface area contributed by atoms with Gasteiger partial charge in [-0.2, -0.15) is 0 Å². The fourth-order valence-corrected chi connectivity index (χ4v) is 3.27. The summed E-state index contributed by atoms with van der Waals surface area (Å²) in [4.78, 5) is 10.3. The molecule has 3 rings (SSSR count). The number of alkyl halides is 1. The van der Waals surface area contributed by atoms with Gasteiger partial charge in [0.15, 0.2) is 5.65 Å². The average molecular weight is 357 g/mol. The van der Waals surface area contributed by atoms with E-state index in [-0.39, 0.29) is 0 Å². The molecule has 3 heterocycles. The number of rotatable bonds is 4. The summed E-state index contributed by atoms with van der Waals surface area (Å²) in [7, 11) is 0. The molecule has 98 valence electrons. The van der Waals surface area contributed by atoms with E-state index >= 15 is 0 Å². The fourth-order valence-electron chi connectivity index (χ4n) is 2.05. The molecule has 0 aliphatic heterocycles. The topological polar surface area (TPSA) is 30.7 Å². The summed E-state index contributed by atoms with van der Waals surface area (Å²) in [5.74, 6) is 1.28. The van der Waals surface area contributed by atoms with E-state index in [2.05, 4.69) is 48.0 Å². The number of nitrogens with zero attached hydrogens (tertiary/aromatic N) is 3. The van der Waals surface area contributed by atoms with Crippen LogP contribution in [0.5, 0.6) is 0 Å². The number of aryl methyl sites for hydroxylation is 2. The van der Waals surface area contributed by atoms with Crippen molar-refractivity contribution in [1.29, 1.82) is 0 Å². The Balaban J connectivity index is 1.96. The van der Waals surface area contributed by atoms with Crippen LogP contribution in [0.2, 0.25) is 0 Å². The van der Waals surface area contributed by atoms with Crippen LogP contribution in [0.15, 0.2) is 34.2 Å². The molecule has 3 nitrogen and oxygen atoms in total. The summed E-state index contributed by atoms with van der Waals surface area (Å²) in [6, 6.07) is 6.19. The molecule has 19 heavy (non-hydrogen) atoms. The maximum atomic E-state index is 5.98. The smallest absolute Gasteiger partial charge is 0.160 e. The average Bonchev–Trinajstić information content (AvgIpc) is 3.02. The number of imidazole rings is 1. The Morgan fingerprint density at radius 1 is 1.42 bits per heavy atom. The predicted octanol–water partition coefficient (Wildman–Crippen LogP) is 4.24. The van der Waals surface area contributed by atoms with Crippen LogP contribution in [0.3, 0.4) is 0 Å². The molecular weight excluding hydrogens is 346 g/mol. The Labute approximate surface area is 128 Å². The molecule has 0 aliphatic carbocycles. The first kappa shape index (κ1) is 13.1. The highest BCUT2D eigenvalue weighted by molar-refractivity contribution is 9.10. The van der Waals surface area contributed by atoms with E-state index in [4.69, 9.17) is 11.6 Å². The van der Waals surface area contributed by atoms with Crippen LogP contribution in [-0.4, -0.2) is 14.5 Å². The quantitative estimate of drug-likeness (QED) is 0.655. The van der Waals surface area contributed by atoms with Crippen LogP contribution in [0.1, 0.15) is 10.7 Å². The first-order chi connectivity index (χ1) is 9.28. The number of halogens is 2. The molecule has 0 saturated heterocycles. The molecule has 0 radical (unpaired) electrons. The van der Waals surface area contributed by atoms with Gasteiger partial charge in [0.05, 0.1) is 5.88 Å². The summed E-state index contributed by atoms with van der Waals surface area (Å²) in [6.45, 7) is 0.855. The minimum Gasteiger partial charge on any atom is -0.311 e. The van der Waals surface area contributed by atoms with Crippen molar-refractivity contribution in [2.45, 2.75) is 18.8 Å². The maximum absolute atomic E-state index is 5.98. The van der Waals surface area contributed by atoms with E-state index in [0.717, 1.165) is 34.4 Å². The van der Waals surface area contributed by atoms with Gasteiger partial charge < -0.3 is 4.57 Å². The second-order valence-corrected chi connectivity index (χ2v) is 6.35. The highest BCUT2D eigenvalue weighted by atomic mass is 79.9. The maximum Gasteiger partial charge on any atom is 0.160 e. The minimum atomic E-state index is 0.401. The molecule has 0 bridgehead atoms. The second kappa shape index (κ2) is 5.61. The van der Waals surface area contributed by atoms with Crippen molar-refractivity contribution in [1.82, 2.24) is 14.5 Å². The van der Waals surface area contributed by atoms with Crippen LogP contribution in [-0.2, 0) is 18.8 Å². The Kier molecular flexibility index (Phi) is 3.86. The van der Waals surface area contributed by atoms with Gasteiger partial charge in [0.1, 0.15) is 11.3 Å². The third-order valence-electron chi connectivity index (χ3n) is 2.91. The van der Waals surface area contributed by atoms with Gasteiger partial charge in [0, 0.05) is 22.1 Å². The van der Waals surface area contributed by atoms with Crippen molar-refractivity contribution >= 4 is 50.0 Å². The van der Waals surface area contributed by atoms with Crippen molar-refractivity contribution in [2.24, 2.45) is 0 Å². The molecule has 0 saturated carbocycles. The van der Waals surface area contributed by atoms with Gasteiger partial charge in [0.25, 0.3) is 0 Å². The molecule has 0 N–H and O–H groups in total. The van der Waals surface area contributed by atoms with Gasteiger partial charge in [-0.25, -0.2) is 9.97 Å². The number of fused-ring (bicyclic) bond motifs is 1. The van der Waals surface area contributed by atoms with E-state index in [9.17, 15) is 0 Å². The highest BCUT2D eigenvalue weighted by Crippen LogP contribution is 2.20. The molecular formula is C13H11BrClN3S. The number of thiophene rings is 1. The van der Waals surface area contributed by atoms with Crippen molar-refractivity contribution < 1.29 is 0 Å². The van der Waals surface area contributed by atoms with Gasteiger partial charge in [0.2, 0.25) is 0 Å². The molecule has 3 aromatic heterocycles. The molecule has 0 spiro atoms. The summed E-state index contributed by atoms with van der Waals surface area (Å²) in [5, 5.41) is 2.10. The zero-order valence-electron chi connectivity index (χ0n) is 10.0. The monoisotopic (exact) mass is 355 g/mol. The zero-order valence-corrected chi connectivity index (χ0v) is 13.2. The lowest BCUT2D eigenvalue weighted by Crippen LogP contribution is -2.05. The minimum absolute atomic E-state index is 0.401. The lowest BCUT2D eigenvalue weighted by molar-refractivity contribution is 0.687. The molecule has 3 aromatic rings. The highest BCUT2D eigenvalue weighted by Gasteiger charge is 2.11. The second-order valence-electron chi connectivity index (χ2n) is 4.14. The molecule has 0 aliphatic rings. The SMILES string of the molecule is ClCc1nc2cc(Br)cnc2n1CCc1cccs1. The molecule has 0 unspecified atom stereocenters. The first-order valence-electron chi connectivity index (χ1n) is 5.87. The number of aromatic nitrogens is 3. The van der Waals surface area contributed by atoms with Crippen LogP contribution in [0, 0.1) is 0 Å². The van der Waals surface area contributed by atoms with Gasteiger partial charge in [-0.3, -0.25) is 0 Å². The molecule has 0 fully saturated rings. The Hall–Kier alpha value is -0.910. The summed E-state index contributed by atoms with van der Waals surface area (Å²) < 4.78 is 3.04. The van der Waals surface area contributed by atoms with Gasteiger partial charge in [-0.15, -0.1) is 22.9 Å². The van der Waals surface area contributed by atoms with Crippen LogP contribution < -0.4 is 0 Å². The van der Waals surface area contributed by atoms with E-state index in [1.165, 1.54) is 4.88 Å². The van der Waals surface area contributed by atoms with Crippen LogP contribution >= 0.6 is 38.9 Å². The van der Waals surface area contributed by atoms with Gasteiger partial charge >= 0.3 is 0 Å². The number of pyridine rings is 1. The predicted molar refractivity (Wildman–Crippen MR) is 82.8 cm³/mol. The molecule has 6 heteroatoms. The first-order valence-corrected chi connectivity index (χ1v) is 8.07. The van der Waals surface area contributed by atoms with E-state index in [0.29, 0.717) is 5.88 Å². The lowest BCUT2D eigenvalue weighted by Gasteiger charge is -2.05. The van der Waals surface area contributed by atoms with Crippen molar-refractivity contribution in [3.8, 4) is 0 Å². The summed E-state index contributed by atoms with van der Waals surface area (Å²) >= 11 is 11.2. The summed E-state index contributed by atoms with van der Waals surface area (Å²) in [6.07, 6.45) is 2.77. The van der Waals surface area contributed by atoms with Gasteiger partial charge in [-0.05, 0) is 39.9 Å². The Morgan fingerprint density at radius 3 is 3.05 bits per heavy atom. The largest absolute Gasteiger partial charge is 0.311 e.